The van der Waals surface area contributed by atoms with Crippen LogP contribution in [0.3, 0.4) is 0 Å². The van der Waals surface area contributed by atoms with Crippen molar-refractivity contribution in [3.8, 4) is 0 Å². The molecule has 1 unspecified atom stereocenters. The molecular formula is C29H40FN3O4S. The summed E-state index contributed by atoms with van der Waals surface area (Å²) in [5, 5.41) is 3.07. The van der Waals surface area contributed by atoms with Crippen molar-refractivity contribution >= 4 is 27.5 Å². The van der Waals surface area contributed by atoms with Gasteiger partial charge in [0.05, 0.1) is 11.9 Å². The molecule has 0 saturated heterocycles. The molecule has 38 heavy (non-hydrogen) atoms. The molecule has 1 atom stereocenters. The Morgan fingerprint density at radius 3 is 2.37 bits per heavy atom. The van der Waals surface area contributed by atoms with Gasteiger partial charge in [-0.2, -0.15) is 0 Å². The van der Waals surface area contributed by atoms with Crippen LogP contribution in [0.2, 0.25) is 0 Å². The maximum Gasteiger partial charge on any atom is 0.242 e. The highest BCUT2D eigenvalue weighted by Gasteiger charge is 2.29. The molecule has 1 aliphatic rings. The molecule has 2 amide bonds. The lowest BCUT2D eigenvalue weighted by Gasteiger charge is -2.31. The average molecular weight is 546 g/mol. The number of halogens is 1. The van der Waals surface area contributed by atoms with E-state index in [2.05, 4.69) is 5.32 Å². The van der Waals surface area contributed by atoms with Gasteiger partial charge >= 0.3 is 0 Å². The first-order valence-corrected chi connectivity index (χ1v) is 15.2. The molecule has 1 saturated carbocycles. The van der Waals surface area contributed by atoms with E-state index in [0.29, 0.717) is 11.3 Å². The zero-order chi connectivity index (χ0) is 27.9. The van der Waals surface area contributed by atoms with Gasteiger partial charge in [0.2, 0.25) is 21.8 Å². The van der Waals surface area contributed by atoms with Crippen LogP contribution in [0.5, 0.6) is 0 Å². The predicted molar refractivity (Wildman–Crippen MR) is 149 cm³/mol. The maximum absolute atomic E-state index is 14.5. The SMILES string of the molecule is Cc1ccc(N(CCCC(=O)N(Cc2ccccc2F)C(C)C(=O)NC2CCCCC2)S(C)(=O)=O)cc1C. The lowest BCUT2D eigenvalue weighted by molar-refractivity contribution is -0.141. The number of hydrogen-bond donors (Lipinski definition) is 1. The number of nitrogens with one attached hydrogen (secondary N) is 1. The lowest BCUT2D eigenvalue weighted by Crippen LogP contribution is -2.50. The van der Waals surface area contributed by atoms with E-state index in [1.807, 2.05) is 26.0 Å². The van der Waals surface area contributed by atoms with Gasteiger partial charge in [-0.15, -0.1) is 0 Å². The minimum absolute atomic E-state index is 0.0202. The highest BCUT2D eigenvalue weighted by molar-refractivity contribution is 7.92. The molecule has 0 spiro atoms. The summed E-state index contributed by atoms with van der Waals surface area (Å²) in [5.74, 6) is -1.02. The van der Waals surface area contributed by atoms with E-state index < -0.39 is 21.9 Å². The molecule has 1 aliphatic carbocycles. The second-order valence-electron chi connectivity index (χ2n) is 10.3. The summed E-state index contributed by atoms with van der Waals surface area (Å²) >= 11 is 0. The van der Waals surface area contributed by atoms with Gasteiger partial charge in [-0.05, 0) is 69.4 Å². The van der Waals surface area contributed by atoms with Crippen molar-refractivity contribution in [1.29, 1.82) is 0 Å². The Kier molecular flexibility index (Phi) is 10.3. The molecule has 0 heterocycles. The molecule has 0 bridgehead atoms. The number of benzene rings is 2. The zero-order valence-corrected chi connectivity index (χ0v) is 23.7. The largest absolute Gasteiger partial charge is 0.352 e. The monoisotopic (exact) mass is 545 g/mol. The summed E-state index contributed by atoms with van der Waals surface area (Å²) in [5.41, 5.74) is 2.90. The van der Waals surface area contributed by atoms with Crippen molar-refractivity contribution in [3.63, 3.8) is 0 Å². The third-order valence-electron chi connectivity index (χ3n) is 7.35. The van der Waals surface area contributed by atoms with Crippen molar-refractivity contribution in [2.75, 3.05) is 17.1 Å². The number of hydrogen-bond acceptors (Lipinski definition) is 4. The van der Waals surface area contributed by atoms with Gasteiger partial charge in [0, 0.05) is 31.1 Å². The first-order valence-electron chi connectivity index (χ1n) is 13.4. The van der Waals surface area contributed by atoms with Crippen LogP contribution in [0.15, 0.2) is 42.5 Å². The minimum Gasteiger partial charge on any atom is -0.352 e. The van der Waals surface area contributed by atoms with Gasteiger partial charge in [0.1, 0.15) is 11.9 Å². The fraction of sp³-hybridized carbons (Fsp3) is 0.517. The predicted octanol–water partition coefficient (Wildman–Crippen LogP) is 4.85. The van der Waals surface area contributed by atoms with E-state index in [-0.39, 0.29) is 43.8 Å². The Labute approximate surface area is 226 Å². The number of nitrogens with zero attached hydrogens (tertiary/aromatic N) is 2. The second-order valence-corrected chi connectivity index (χ2v) is 12.2. The molecule has 9 heteroatoms. The van der Waals surface area contributed by atoms with Crippen LogP contribution < -0.4 is 9.62 Å². The van der Waals surface area contributed by atoms with Crippen molar-refractivity contribution < 1.29 is 22.4 Å². The minimum atomic E-state index is -3.57. The van der Waals surface area contributed by atoms with Gasteiger partial charge < -0.3 is 10.2 Å². The summed E-state index contributed by atoms with van der Waals surface area (Å²) in [6.45, 7) is 5.61. The van der Waals surface area contributed by atoms with E-state index in [9.17, 15) is 22.4 Å². The number of carbonyl (C=O) groups excluding carboxylic acids is 2. The number of rotatable bonds is 11. The summed E-state index contributed by atoms with van der Waals surface area (Å²) in [6, 6.07) is 11.0. The molecule has 0 aliphatic heterocycles. The zero-order valence-electron chi connectivity index (χ0n) is 22.9. The molecule has 208 valence electrons. The number of carbonyl (C=O) groups is 2. The van der Waals surface area contributed by atoms with Crippen molar-refractivity contribution in [3.05, 3.63) is 65.0 Å². The Morgan fingerprint density at radius 2 is 1.74 bits per heavy atom. The topological polar surface area (TPSA) is 86.8 Å². The van der Waals surface area contributed by atoms with Crippen LogP contribution in [-0.2, 0) is 26.2 Å². The lowest BCUT2D eigenvalue weighted by atomic mass is 9.95. The molecule has 2 aromatic carbocycles. The van der Waals surface area contributed by atoms with E-state index in [1.165, 1.54) is 15.3 Å². The maximum atomic E-state index is 14.5. The molecule has 0 radical (unpaired) electrons. The first-order chi connectivity index (χ1) is 18.0. The quantitative estimate of drug-likeness (QED) is 0.437. The number of anilines is 1. The normalized spacial score (nSPS) is 15.1. The molecule has 0 aromatic heterocycles. The number of amides is 2. The van der Waals surface area contributed by atoms with E-state index in [1.54, 1.807) is 31.2 Å². The molecule has 3 rings (SSSR count). The van der Waals surface area contributed by atoms with E-state index in [0.717, 1.165) is 49.5 Å². The van der Waals surface area contributed by atoms with Gasteiger partial charge in [0.15, 0.2) is 0 Å². The summed E-state index contributed by atoms with van der Waals surface area (Å²) in [4.78, 5) is 27.9. The number of sulfonamides is 1. The summed E-state index contributed by atoms with van der Waals surface area (Å²) in [7, 11) is -3.57. The van der Waals surface area contributed by atoms with E-state index in [4.69, 9.17) is 0 Å². The Morgan fingerprint density at radius 1 is 1.05 bits per heavy atom. The second kappa shape index (κ2) is 13.2. The van der Waals surface area contributed by atoms with Crippen LogP contribution >= 0.6 is 0 Å². The van der Waals surface area contributed by atoms with Gasteiger partial charge in [0.25, 0.3) is 0 Å². The summed E-state index contributed by atoms with van der Waals surface area (Å²) < 4.78 is 40.9. The fourth-order valence-corrected chi connectivity index (χ4v) is 5.80. The van der Waals surface area contributed by atoms with Gasteiger partial charge in [-0.25, -0.2) is 12.8 Å². The third-order valence-corrected chi connectivity index (χ3v) is 8.54. The highest BCUT2D eigenvalue weighted by Crippen LogP contribution is 2.23. The van der Waals surface area contributed by atoms with Crippen LogP contribution in [0.1, 0.15) is 68.6 Å². The van der Waals surface area contributed by atoms with Gasteiger partial charge in [-0.1, -0.05) is 43.5 Å². The molecule has 2 aromatic rings. The third kappa shape index (κ3) is 8.03. The summed E-state index contributed by atoms with van der Waals surface area (Å²) in [6.07, 6.45) is 6.54. The van der Waals surface area contributed by atoms with Crippen molar-refractivity contribution in [1.82, 2.24) is 10.2 Å². The number of aryl methyl sites for hydroxylation is 2. The average Bonchev–Trinajstić information content (AvgIpc) is 2.87. The standard InChI is InChI=1S/C29H40FN3O4S/c1-21-16-17-26(19-22(21)2)33(38(4,36)37)18-10-15-28(34)32(20-24-11-8-9-14-27(24)30)23(3)29(35)31-25-12-6-5-7-13-25/h8-9,11,14,16-17,19,23,25H,5-7,10,12-13,15,18,20H2,1-4H3,(H,31,35). The van der Waals surface area contributed by atoms with Gasteiger partial charge in [-0.3, -0.25) is 13.9 Å². The molecule has 1 fully saturated rings. The van der Waals surface area contributed by atoms with Crippen LogP contribution in [0.4, 0.5) is 10.1 Å². The Hall–Kier alpha value is -2.94. The van der Waals surface area contributed by atoms with Crippen molar-refractivity contribution in [2.45, 2.75) is 84.3 Å². The van der Waals surface area contributed by atoms with Crippen LogP contribution in [0, 0.1) is 19.7 Å². The van der Waals surface area contributed by atoms with Crippen LogP contribution in [0.25, 0.3) is 0 Å². The highest BCUT2D eigenvalue weighted by atomic mass is 32.2. The Balaban J connectivity index is 1.73. The van der Waals surface area contributed by atoms with Crippen molar-refractivity contribution in [2.24, 2.45) is 0 Å². The fourth-order valence-electron chi connectivity index (χ4n) is 4.85. The Bertz CT molecular complexity index is 1230. The smallest absolute Gasteiger partial charge is 0.242 e. The molecule has 1 N–H and O–H groups in total. The van der Waals surface area contributed by atoms with E-state index >= 15 is 0 Å². The molecule has 7 nitrogen and oxygen atoms in total. The molecular weight excluding hydrogens is 505 g/mol. The first kappa shape index (κ1) is 29.6. The van der Waals surface area contributed by atoms with Crippen LogP contribution in [-0.4, -0.2) is 50.0 Å².